The van der Waals surface area contributed by atoms with Gasteiger partial charge in [-0.1, -0.05) is 0 Å². The summed E-state index contributed by atoms with van der Waals surface area (Å²) < 4.78 is 25.8. The van der Waals surface area contributed by atoms with Crippen molar-refractivity contribution < 1.29 is 8.42 Å². The lowest BCUT2D eigenvalue weighted by molar-refractivity contribution is 0.523. The number of aliphatic imine (C=N–C) groups is 1. The van der Waals surface area contributed by atoms with Gasteiger partial charge in [-0.3, -0.25) is 0 Å². The average Bonchev–Trinajstić information content (AvgIpc) is 3.21. The number of thiophene rings is 2. The monoisotopic (exact) mass is 386 g/mol. The van der Waals surface area contributed by atoms with Gasteiger partial charge in [0, 0.05) is 25.5 Å². The smallest absolute Gasteiger partial charge is 0.252 e. The predicted octanol–water partition coefficient (Wildman–Crippen LogP) is 2.32. The summed E-state index contributed by atoms with van der Waals surface area (Å²) in [6.45, 7) is 3.92. The van der Waals surface area contributed by atoms with Crippen LogP contribution >= 0.6 is 22.7 Å². The first-order valence-corrected chi connectivity index (χ1v) is 10.7. The Kier molecular flexibility index (Phi) is 6.79. The van der Waals surface area contributed by atoms with Gasteiger partial charge >= 0.3 is 0 Å². The second-order valence-electron chi connectivity index (χ2n) is 5.19. The molecule has 0 fully saturated rings. The van der Waals surface area contributed by atoms with E-state index in [0.717, 1.165) is 11.4 Å². The van der Waals surface area contributed by atoms with E-state index in [1.807, 2.05) is 18.4 Å². The van der Waals surface area contributed by atoms with Gasteiger partial charge in [0.1, 0.15) is 4.21 Å². The highest BCUT2D eigenvalue weighted by Gasteiger charge is 2.19. The first-order chi connectivity index (χ1) is 11.4. The molecule has 2 heterocycles. The molecule has 0 radical (unpaired) electrons. The van der Waals surface area contributed by atoms with Crippen LogP contribution in [-0.2, 0) is 23.1 Å². The van der Waals surface area contributed by atoms with Crippen molar-refractivity contribution in [3.8, 4) is 0 Å². The van der Waals surface area contributed by atoms with E-state index < -0.39 is 10.0 Å². The Bertz CT molecular complexity index is 765. The van der Waals surface area contributed by atoms with Gasteiger partial charge in [0.15, 0.2) is 5.96 Å². The summed E-state index contributed by atoms with van der Waals surface area (Å²) in [5.41, 5.74) is 1.17. The minimum atomic E-state index is -3.37. The van der Waals surface area contributed by atoms with Crippen molar-refractivity contribution in [3.05, 3.63) is 39.4 Å². The summed E-state index contributed by atoms with van der Waals surface area (Å²) in [5, 5.41) is 10.5. The maximum Gasteiger partial charge on any atom is 0.252 e. The zero-order chi connectivity index (χ0) is 17.6. The highest BCUT2D eigenvalue weighted by atomic mass is 32.2. The Morgan fingerprint density at radius 3 is 2.67 bits per heavy atom. The molecular formula is C15H22N4O2S3. The number of hydrogen-bond donors (Lipinski definition) is 2. The third-order valence-corrected chi connectivity index (χ3v) is 7.25. The van der Waals surface area contributed by atoms with E-state index in [0.29, 0.717) is 23.3 Å². The van der Waals surface area contributed by atoms with Crippen molar-refractivity contribution in [3.63, 3.8) is 0 Å². The van der Waals surface area contributed by atoms with E-state index in [1.165, 1.54) is 35.3 Å². The number of nitrogens with zero attached hydrogens (tertiary/aromatic N) is 2. The number of guanidine groups is 1. The fourth-order valence-corrected chi connectivity index (χ4v) is 4.96. The minimum absolute atomic E-state index is 0.351. The molecular weight excluding hydrogens is 364 g/mol. The molecule has 0 aromatic carbocycles. The Morgan fingerprint density at radius 1 is 1.25 bits per heavy atom. The zero-order valence-electron chi connectivity index (χ0n) is 13.9. The van der Waals surface area contributed by atoms with Crippen LogP contribution in [0.1, 0.15) is 17.4 Å². The molecule has 0 aliphatic heterocycles. The predicted molar refractivity (Wildman–Crippen MR) is 101 cm³/mol. The summed E-state index contributed by atoms with van der Waals surface area (Å²) in [4.78, 5) is 5.48. The standard InChI is InChI=1S/C15H22N4O2S3/c1-4-16-15(17-9-12-7-8-22-11-12)18-10-13-5-6-14(23-13)24(20,21)19(2)3/h5-8,11H,4,9-10H2,1-3H3,(H2,16,17,18). The van der Waals surface area contributed by atoms with Crippen LogP contribution in [0.2, 0.25) is 0 Å². The molecule has 0 aliphatic carbocycles. The molecule has 24 heavy (non-hydrogen) atoms. The topological polar surface area (TPSA) is 73.8 Å². The van der Waals surface area contributed by atoms with Crippen LogP contribution in [0.25, 0.3) is 0 Å². The molecule has 0 amide bonds. The average molecular weight is 387 g/mol. The largest absolute Gasteiger partial charge is 0.357 e. The minimum Gasteiger partial charge on any atom is -0.357 e. The van der Waals surface area contributed by atoms with Crippen molar-refractivity contribution in [1.82, 2.24) is 14.9 Å². The Hall–Kier alpha value is -1.42. The fourth-order valence-electron chi connectivity index (χ4n) is 1.84. The molecule has 2 aromatic rings. The lowest BCUT2D eigenvalue weighted by Crippen LogP contribution is -2.36. The molecule has 6 nitrogen and oxygen atoms in total. The third-order valence-electron chi connectivity index (χ3n) is 3.15. The normalized spacial score (nSPS) is 12.6. The number of nitrogens with one attached hydrogen (secondary N) is 2. The summed E-state index contributed by atoms with van der Waals surface area (Å²) >= 11 is 2.92. The Morgan fingerprint density at radius 2 is 2.04 bits per heavy atom. The quantitative estimate of drug-likeness (QED) is 0.566. The molecule has 2 rings (SSSR count). The van der Waals surface area contributed by atoms with Crippen molar-refractivity contribution in [2.75, 3.05) is 20.6 Å². The second kappa shape index (κ2) is 8.61. The summed E-state index contributed by atoms with van der Waals surface area (Å²) in [7, 11) is -0.295. The summed E-state index contributed by atoms with van der Waals surface area (Å²) in [6.07, 6.45) is 0. The van der Waals surface area contributed by atoms with E-state index in [1.54, 1.807) is 17.4 Å². The highest BCUT2D eigenvalue weighted by Crippen LogP contribution is 2.23. The van der Waals surface area contributed by atoms with Gasteiger partial charge in [0.25, 0.3) is 10.0 Å². The van der Waals surface area contributed by atoms with E-state index >= 15 is 0 Å². The molecule has 0 saturated carbocycles. The maximum atomic E-state index is 12.1. The van der Waals surface area contributed by atoms with Crippen molar-refractivity contribution in [2.45, 2.75) is 24.2 Å². The van der Waals surface area contributed by atoms with E-state index in [2.05, 4.69) is 27.1 Å². The lowest BCUT2D eigenvalue weighted by atomic mass is 10.3. The molecule has 9 heteroatoms. The Labute approximate surface area is 151 Å². The van der Waals surface area contributed by atoms with E-state index in [-0.39, 0.29) is 0 Å². The van der Waals surface area contributed by atoms with Gasteiger partial charge in [0.05, 0.1) is 13.1 Å². The third kappa shape index (κ3) is 5.04. The highest BCUT2D eigenvalue weighted by molar-refractivity contribution is 7.91. The maximum absolute atomic E-state index is 12.1. The van der Waals surface area contributed by atoms with Crippen molar-refractivity contribution in [2.24, 2.45) is 4.99 Å². The molecule has 0 atom stereocenters. The first-order valence-electron chi connectivity index (χ1n) is 7.48. The molecule has 132 valence electrons. The molecule has 2 aromatic heterocycles. The second-order valence-corrected chi connectivity index (χ2v) is 9.52. The molecule has 0 bridgehead atoms. The summed E-state index contributed by atoms with van der Waals surface area (Å²) in [6, 6.07) is 5.53. The van der Waals surface area contributed by atoms with Gasteiger partial charge < -0.3 is 10.6 Å². The van der Waals surface area contributed by atoms with Crippen LogP contribution < -0.4 is 10.6 Å². The molecule has 0 spiro atoms. The van der Waals surface area contributed by atoms with Crippen LogP contribution in [0.3, 0.4) is 0 Å². The van der Waals surface area contributed by atoms with Crippen LogP contribution in [0.15, 0.2) is 38.2 Å². The lowest BCUT2D eigenvalue weighted by Gasteiger charge is -2.10. The zero-order valence-corrected chi connectivity index (χ0v) is 16.4. The van der Waals surface area contributed by atoms with Gasteiger partial charge in [-0.25, -0.2) is 17.7 Å². The van der Waals surface area contributed by atoms with Crippen LogP contribution in [0, 0.1) is 0 Å². The molecule has 2 N–H and O–H groups in total. The van der Waals surface area contributed by atoms with Gasteiger partial charge in [0.2, 0.25) is 0 Å². The van der Waals surface area contributed by atoms with E-state index in [4.69, 9.17) is 0 Å². The van der Waals surface area contributed by atoms with Crippen LogP contribution in [0.4, 0.5) is 0 Å². The first kappa shape index (κ1) is 18.9. The SMILES string of the molecule is CCNC(=NCc1ccsc1)NCc1ccc(S(=O)(=O)N(C)C)s1. The van der Waals surface area contributed by atoms with Gasteiger partial charge in [-0.2, -0.15) is 11.3 Å². The number of hydrogen-bond acceptors (Lipinski definition) is 5. The molecule has 0 aliphatic rings. The van der Waals surface area contributed by atoms with Crippen molar-refractivity contribution >= 4 is 38.7 Å². The Balaban J connectivity index is 1.99. The van der Waals surface area contributed by atoms with Crippen LogP contribution in [-0.4, -0.2) is 39.3 Å². The molecule has 0 saturated heterocycles. The van der Waals surface area contributed by atoms with Crippen molar-refractivity contribution in [1.29, 1.82) is 0 Å². The van der Waals surface area contributed by atoms with Crippen LogP contribution in [0.5, 0.6) is 0 Å². The summed E-state index contributed by atoms with van der Waals surface area (Å²) in [5.74, 6) is 0.717. The fraction of sp³-hybridized carbons (Fsp3) is 0.400. The van der Waals surface area contributed by atoms with E-state index in [9.17, 15) is 8.42 Å². The number of rotatable bonds is 7. The number of sulfonamides is 1. The van der Waals surface area contributed by atoms with Gasteiger partial charge in [-0.15, -0.1) is 11.3 Å². The molecule has 0 unspecified atom stereocenters. The van der Waals surface area contributed by atoms with Gasteiger partial charge in [-0.05, 0) is 41.4 Å².